The van der Waals surface area contributed by atoms with E-state index in [1.165, 1.54) is 12.1 Å². The highest BCUT2D eigenvalue weighted by Gasteiger charge is 2.26. The maximum atomic E-state index is 13.2. The van der Waals surface area contributed by atoms with Gasteiger partial charge in [-0.25, -0.2) is 4.39 Å². The fraction of sp³-hybridized carbons (Fsp3) is 0.500. The lowest BCUT2D eigenvalue weighted by molar-refractivity contribution is 0.0482. The molecule has 0 saturated carbocycles. The molecule has 0 spiro atoms. The van der Waals surface area contributed by atoms with Crippen LogP contribution in [0.1, 0.15) is 24.8 Å². The number of benzene rings is 1. The van der Waals surface area contributed by atoms with Crippen molar-refractivity contribution in [3.05, 3.63) is 29.6 Å². The summed E-state index contributed by atoms with van der Waals surface area (Å²) in [6.45, 7) is 0. The number of rotatable bonds is 4. The van der Waals surface area contributed by atoms with Gasteiger partial charge in [-0.3, -0.25) is 0 Å². The van der Waals surface area contributed by atoms with Crippen LogP contribution in [-0.4, -0.2) is 19.3 Å². The lowest BCUT2D eigenvalue weighted by atomic mass is 10.0. The molecule has 2 rings (SSSR count). The van der Waals surface area contributed by atoms with Gasteiger partial charge in [-0.1, -0.05) is 0 Å². The topological polar surface area (TPSA) is 42.2 Å². The summed E-state index contributed by atoms with van der Waals surface area (Å²) >= 11 is 0. The van der Waals surface area contributed by atoms with Crippen molar-refractivity contribution in [1.82, 2.24) is 0 Å². The molecule has 4 heteroatoms. The highest BCUT2D eigenvalue weighted by atomic mass is 19.1. The van der Waals surface area contributed by atoms with Gasteiger partial charge in [-0.15, -0.1) is 0 Å². The quantitative estimate of drug-likeness (QED) is 0.824. The number of ether oxygens (including phenoxy) is 2. The van der Waals surface area contributed by atoms with Crippen LogP contribution in [0.4, 0.5) is 4.39 Å². The van der Waals surface area contributed by atoms with E-state index < -0.39 is 0 Å². The van der Waals surface area contributed by atoms with Gasteiger partial charge < -0.3 is 9.47 Å². The summed E-state index contributed by atoms with van der Waals surface area (Å²) in [5.74, 6) is 0.418. The molecule has 1 fully saturated rings. The lowest BCUT2D eigenvalue weighted by Crippen LogP contribution is -2.13. The Labute approximate surface area is 106 Å². The molecule has 1 aliphatic heterocycles. The van der Waals surface area contributed by atoms with Crippen LogP contribution < -0.4 is 4.74 Å². The van der Waals surface area contributed by atoms with Crippen LogP contribution in [0.3, 0.4) is 0 Å². The number of hydrogen-bond acceptors (Lipinski definition) is 3. The third kappa shape index (κ3) is 2.99. The minimum atomic E-state index is -0.266. The third-order valence-corrected chi connectivity index (χ3v) is 3.20. The zero-order valence-electron chi connectivity index (χ0n) is 10.4. The molecule has 1 saturated heterocycles. The summed E-state index contributed by atoms with van der Waals surface area (Å²) in [6.07, 6.45) is 2.94. The molecule has 0 amide bonds. The first kappa shape index (κ1) is 12.8. The van der Waals surface area contributed by atoms with Crippen molar-refractivity contribution in [2.45, 2.75) is 37.9 Å². The predicted octanol–water partition coefficient (Wildman–Crippen LogP) is 2.84. The second kappa shape index (κ2) is 5.83. The van der Waals surface area contributed by atoms with Crippen LogP contribution in [0.25, 0.3) is 0 Å². The normalized spacial score (nSPS) is 22.7. The summed E-state index contributed by atoms with van der Waals surface area (Å²) in [4.78, 5) is 0. The van der Waals surface area contributed by atoms with Crippen LogP contribution in [0.2, 0.25) is 0 Å². The molecule has 0 aromatic heterocycles. The second-order valence-electron chi connectivity index (χ2n) is 4.48. The summed E-state index contributed by atoms with van der Waals surface area (Å²) in [5.41, 5.74) is 0.820. The summed E-state index contributed by atoms with van der Waals surface area (Å²) in [5, 5.41) is 8.62. The molecule has 1 aromatic carbocycles. The number of hydrogen-bond donors (Lipinski definition) is 0. The molecular formula is C14H16FNO2. The SMILES string of the molecule is COc1ccc(F)cc1C[C@H]1CC[C@@H](CC#N)O1. The number of nitriles is 1. The van der Waals surface area contributed by atoms with Gasteiger partial charge in [0.2, 0.25) is 0 Å². The minimum absolute atomic E-state index is 0.0274. The van der Waals surface area contributed by atoms with Crippen molar-refractivity contribution in [2.75, 3.05) is 7.11 Å². The first-order chi connectivity index (χ1) is 8.72. The smallest absolute Gasteiger partial charge is 0.123 e. The van der Waals surface area contributed by atoms with E-state index in [1.807, 2.05) is 0 Å². The van der Waals surface area contributed by atoms with Gasteiger partial charge in [-0.05, 0) is 36.6 Å². The predicted molar refractivity (Wildman–Crippen MR) is 64.8 cm³/mol. The van der Waals surface area contributed by atoms with Crippen molar-refractivity contribution in [1.29, 1.82) is 5.26 Å². The van der Waals surface area contributed by atoms with Crippen molar-refractivity contribution < 1.29 is 13.9 Å². The first-order valence-electron chi connectivity index (χ1n) is 6.07. The zero-order chi connectivity index (χ0) is 13.0. The monoisotopic (exact) mass is 249 g/mol. The molecule has 0 N–H and O–H groups in total. The summed E-state index contributed by atoms with van der Waals surface area (Å²) < 4.78 is 24.2. The summed E-state index contributed by atoms with van der Waals surface area (Å²) in [7, 11) is 1.57. The van der Waals surface area contributed by atoms with Crippen molar-refractivity contribution in [2.24, 2.45) is 0 Å². The fourth-order valence-corrected chi connectivity index (χ4v) is 2.33. The molecule has 3 nitrogen and oxygen atoms in total. The Balaban J connectivity index is 2.02. The fourth-order valence-electron chi connectivity index (χ4n) is 2.33. The number of methoxy groups -OCH3 is 1. The molecule has 96 valence electrons. The zero-order valence-corrected chi connectivity index (χ0v) is 10.4. The van der Waals surface area contributed by atoms with E-state index in [2.05, 4.69) is 6.07 Å². The van der Waals surface area contributed by atoms with E-state index >= 15 is 0 Å². The van der Waals surface area contributed by atoms with Gasteiger partial charge in [0, 0.05) is 6.42 Å². The third-order valence-electron chi connectivity index (χ3n) is 3.20. The Kier molecular flexibility index (Phi) is 4.16. The molecule has 2 atom stereocenters. The van der Waals surface area contributed by atoms with Crippen molar-refractivity contribution in [3.63, 3.8) is 0 Å². The summed E-state index contributed by atoms with van der Waals surface area (Å²) in [6, 6.07) is 6.62. The molecule has 1 heterocycles. The molecule has 0 radical (unpaired) electrons. The van der Waals surface area contributed by atoms with E-state index in [1.54, 1.807) is 13.2 Å². The first-order valence-corrected chi connectivity index (χ1v) is 6.07. The van der Waals surface area contributed by atoms with Crippen LogP contribution >= 0.6 is 0 Å². The average molecular weight is 249 g/mol. The van der Waals surface area contributed by atoms with E-state index in [-0.39, 0.29) is 18.0 Å². The van der Waals surface area contributed by atoms with Crippen molar-refractivity contribution in [3.8, 4) is 11.8 Å². The Bertz CT molecular complexity index is 456. The van der Waals surface area contributed by atoms with Gasteiger partial charge >= 0.3 is 0 Å². The van der Waals surface area contributed by atoms with Crippen LogP contribution in [0.5, 0.6) is 5.75 Å². The Morgan fingerprint density at radius 2 is 2.22 bits per heavy atom. The van der Waals surface area contributed by atoms with Crippen molar-refractivity contribution >= 4 is 0 Å². The minimum Gasteiger partial charge on any atom is -0.496 e. The van der Waals surface area contributed by atoms with Crippen LogP contribution in [0.15, 0.2) is 18.2 Å². The highest BCUT2D eigenvalue weighted by Crippen LogP contribution is 2.28. The molecule has 0 bridgehead atoms. The Morgan fingerprint density at radius 1 is 1.44 bits per heavy atom. The maximum absolute atomic E-state index is 13.2. The second-order valence-corrected chi connectivity index (χ2v) is 4.48. The van der Waals surface area contributed by atoms with Gasteiger partial charge in [-0.2, -0.15) is 5.26 Å². The molecule has 1 aromatic rings. The molecule has 18 heavy (non-hydrogen) atoms. The largest absolute Gasteiger partial charge is 0.496 e. The number of halogens is 1. The molecule has 0 unspecified atom stereocenters. The molecule has 0 aliphatic carbocycles. The number of nitrogens with zero attached hydrogens (tertiary/aromatic N) is 1. The van der Waals surface area contributed by atoms with Gasteiger partial charge in [0.1, 0.15) is 11.6 Å². The van der Waals surface area contributed by atoms with E-state index in [0.717, 1.165) is 18.4 Å². The van der Waals surface area contributed by atoms with Gasteiger partial charge in [0.25, 0.3) is 0 Å². The molecule has 1 aliphatic rings. The van der Waals surface area contributed by atoms with Gasteiger partial charge in [0.05, 0.1) is 31.8 Å². The standard InChI is InChI=1S/C14H16FNO2/c1-17-14-5-2-11(15)8-10(14)9-13-4-3-12(18-13)6-7-16/h2,5,8,12-13H,3-4,6,9H2,1H3/t12-,13+/m0/s1. The Hall–Kier alpha value is -1.60. The van der Waals surface area contributed by atoms with Gasteiger partial charge in [0.15, 0.2) is 0 Å². The Morgan fingerprint density at radius 3 is 2.94 bits per heavy atom. The lowest BCUT2D eigenvalue weighted by Gasteiger charge is -2.14. The highest BCUT2D eigenvalue weighted by molar-refractivity contribution is 5.34. The van der Waals surface area contributed by atoms with Crippen LogP contribution in [-0.2, 0) is 11.2 Å². The van der Waals surface area contributed by atoms with E-state index in [4.69, 9.17) is 14.7 Å². The van der Waals surface area contributed by atoms with E-state index in [9.17, 15) is 4.39 Å². The molecular weight excluding hydrogens is 233 g/mol. The maximum Gasteiger partial charge on any atom is 0.123 e. The van der Waals surface area contributed by atoms with Crippen LogP contribution in [0, 0.1) is 17.1 Å². The average Bonchev–Trinajstić information content (AvgIpc) is 2.77. The van der Waals surface area contributed by atoms with E-state index in [0.29, 0.717) is 18.6 Å².